The number of hydrogen-bond donors (Lipinski definition) is 1. The van der Waals surface area contributed by atoms with Crippen molar-refractivity contribution in [1.29, 1.82) is 0 Å². The molecule has 3 nitrogen and oxygen atoms in total. The monoisotopic (exact) mass is 281 g/mol. The zero-order valence-corrected chi connectivity index (χ0v) is 12.7. The van der Waals surface area contributed by atoms with Crippen LogP contribution in [-0.2, 0) is 9.53 Å². The first-order valence-corrected chi connectivity index (χ1v) is 7.10. The zero-order chi connectivity index (χ0) is 15.2. The van der Waals surface area contributed by atoms with Crippen molar-refractivity contribution in [2.45, 2.75) is 45.6 Å². The summed E-state index contributed by atoms with van der Waals surface area (Å²) < 4.78 is 18.8. The molecule has 0 bridgehead atoms. The molecule has 0 aromatic heterocycles. The van der Waals surface area contributed by atoms with E-state index in [0.29, 0.717) is 24.4 Å². The normalized spacial score (nSPS) is 15.2. The number of para-hydroxylation sites is 1. The SMILES string of the molecule is CCC(C)CC(CC)(Nc1ccccc1F)C(=O)OC. The Kier molecular flexibility index (Phi) is 5.99. The number of esters is 1. The average Bonchev–Trinajstić information content (AvgIpc) is 2.47. The summed E-state index contributed by atoms with van der Waals surface area (Å²) in [4.78, 5) is 12.2. The summed E-state index contributed by atoms with van der Waals surface area (Å²) in [7, 11) is 1.37. The van der Waals surface area contributed by atoms with Crippen molar-refractivity contribution in [3.8, 4) is 0 Å². The second kappa shape index (κ2) is 7.27. The van der Waals surface area contributed by atoms with Crippen molar-refractivity contribution in [2.24, 2.45) is 5.92 Å². The van der Waals surface area contributed by atoms with Gasteiger partial charge in [-0.1, -0.05) is 39.3 Å². The Morgan fingerprint density at radius 2 is 2.05 bits per heavy atom. The lowest BCUT2D eigenvalue weighted by Gasteiger charge is -2.34. The number of ether oxygens (including phenoxy) is 1. The molecule has 1 N–H and O–H groups in total. The number of halogens is 1. The van der Waals surface area contributed by atoms with Crippen LogP contribution in [0.1, 0.15) is 40.0 Å². The fourth-order valence-corrected chi connectivity index (χ4v) is 2.32. The first-order chi connectivity index (χ1) is 9.49. The van der Waals surface area contributed by atoms with Gasteiger partial charge in [0.25, 0.3) is 0 Å². The van der Waals surface area contributed by atoms with Crippen molar-refractivity contribution in [1.82, 2.24) is 0 Å². The molecule has 0 aliphatic heterocycles. The summed E-state index contributed by atoms with van der Waals surface area (Å²) in [5.74, 6) is -0.366. The summed E-state index contributed by atoms with van der Waals surface area (Å²) in [6, 6.07) is 6.38. The van der Waals surface area contributed by atoms with Crippen LogP contribution in [0.4, 0.5) is 10.1 Å². The molecule has 0 aliphatic rings. The second-order valence-corrected chi connectivity index (χ2v) is 5.25. The van der Waals surface area contributed by atoms with Crippen molar-refractivity contribution in [2.75, 3.05) is 12.4 Å². The number of carbonyl (C=O) groups excluding carboxylic acids is 1. The maximum atomic E-state index is 13.8. The fourth-order valence-electron chi connectivity index (χ4n) is 2.32. The van der Waals surface area contributed by atoms with Crippen LogP contribution in [-0.4, -0.2) is 18.6 Å². The van der Waals surface area contributed by atoms with Crippen LogP contribution < -0.4 is 5.32 Å². The molecule has 0 amide bonds. The highest BCUT2D eigenvalue weighted by Gasteiger charge is 2.39. The summed E-state index contributed by atoms with van der Waals surface area (Å²) in [5.41, 5.74) is -0.546. The van der Waals surface area contributed by atoms with Gasteiger partial charge in [0.05, 0.1) is 12.8 Å². The van der Waals surface area contributed by atoms with Gasteiger partial charge in [0.1, 0.15) is 11.4 Å². The van der Waals surface area contributed by atoms with E-state index >= 15 is 0 Å². The van der Waals surface area contributed by atoms with Crippen molar-refractivity contribution >= 4 is 11.7 Å². The minimum atomic E-state index is -0.883. The highest BCUT2D eigenvalue weighted by atomic mass is 19.1. The van der Waals surface area contributed by atoms with Crippen LogP contribution in [0.5, 0.6) is 0 Å². The fraction of sp³-hybridized carbons (Fsp3) is 0.562. The van der Waals surface area contributed by atoms with Gasteiger partial charge in [-0.3, -0.25) is 0 Å². The van der Waals surface area contributed by atoms with E-state index in [9.17, 15) is 9.18 Å². The smallest absolute Gasteiger partial charge is 0.331 e. The Balaban J connectivity index is 3.09. The summed E-state index contributed by atoms with van der Waals surface area (Å²) in [6.45, 7) is 6.06. The molecular formula is C16H24FNO2. The van der Waals surface area contributed by atoms with Gasteiger partial charge in [0.15, 0.2) is 0 Å². The van der Waals surface area contributed by atoms with E-state index in [1.807, 2.05) is 6.92 Å². The molecule has 0 spiro atoms. The topological polar surface area (TPSA) is 38.3 Å². The number of hydrogen-bond acceptors (Lipinski definition) is 3. The van der Waals surface area contributed by atoms with Gasteiger partial charge in [-0.25, -0.2) is 9.18 Å². The number of nitrogens with one attached hydrogen (secondary N) is 1. The predicted molar refractivity (Wildman–Crippen MR) is 79.1 cm³/mol. The van der Waals surface area contributed by atoms with Gasteiger partial charge >= 0.3 is 5.97 Å². The molecule has 1 aromatic carbocycles. The minimum Gasteiger partial charge on any atom is -0.467 e. The Hall–Kier alpha value is -1.58. The second-order valence-electron chi connectivity index (χ2n) is 5.25. The third-order valence-electron chi connectivity index (χ3n) is 3.82. The van der Waals surface area contributed by atoms with E-state index in [1.54, 1.807) is 18.2 Å². The number of rotatable bonds is 7. The number of methoxy groups -OCH3 is 1. The van der Waals surface area contributed by atoms with Crippen LogP contribution in [0.2, 0.25) is 0 Å². The molecule has 1 rings (SSSR count). The van der Waals surface area contributed by atoms with Crippen molar-refractivity contribution < 1.29 is 13.9 Å². The Labute approximate surface area is 120 Å². The molecule has 0 heterocycles. The summed E-state index contributed by atoms with van der Waals surface area (Å²) in [5, 5.41) is 3.08. The third-order valence-corrected chi connectivity index (χ3v) is 3.82. The van der Waals surface area contributed by atoms with E-state index < -0.39 is 5.54 Å². The van der Waals surface area contributed by atoms with Gasteiger partial charge < -0.3 is 10.1 Å². The zero-order valence-electron chi connectivity index (χ0n) is 12.7. The van der Waals surface area contributed by atoms with E-state index in [0.717, 1.165) is 6.42 Å². The largest absolute Gasteiger partial charge is 0.467 e. The quantitative estimate of drug-likeness (QED) is 0.768. The molecule has 112 valence electrons. The van der Waals surface area contributed by atoms with Gasteiger partial charge in [-0.15, -0.1) is 0 Å². The molecule has 0 aliphatic carbocycles. The van der Waals surface area contributed by atoms with E-state index in [2.05, 4.69) is 19.2 Å². The first-order valence-electron chi connectivity index (χ1n) is 7.10. The van der Waals surface area contributed by atoms with Crippen LogP contribution >= 0.6 is 0 Å². The molecule has 4 heteroatoms. The molecule has 2 unspecified atom stereocenters. The van der Waals surface area contributed by atoms with Gasteiger partial charge in [0.2, 0.25) is 0 Å². The minimum absolute atomic E-state index is 0.336. The summed E-state index contributed by atoms with van der Waals surface area (Å²) in [6.07, 6.45) is 2.11. The standard InChI is InChI=1S/C16H24FNO2/c1-5-12(3)11-16(6-2,15(19)20-4)18-14-10-8-7-9-13(14)17/h7-10,12,18H,5-6,11H2,1-4H3. The maximum Gasteiger partial charge on any atom is 0.331 e. The Morgan fingerprint density at radius 3 is 2.55 bits per heavy atom. The van der Waals surface area contributed by atoms with Crippen LogP contribution in [0, 0.1) is 11.7 Å². The lowest BCUT2D eigenvalue weighted by atomic mass is 9.84. The number of benzene rings is 1. The highest BCUT2D eigenvalue weighted by Crippen LogP contribution is 2.29. The maximum absolute atomic E-state index is 13.8. The molecule has 20 heavy (non-hydrogen) atoms. The van der Waals surface area contributed by atoms with E-state index in [4.69, 9.17) is 4.74 Å². The lowest BCUT2D eigenvalue weighted by molar-refractivity contribution is -0.146. The molecule has 2 atom stereocenters. The molecule has 0 saturated carbocycles. The number of carbonyl (C=O) groups is 1. The predicted octanol–water partition coefficient (Wildman–Crippen LogP) is 4.00. The van der Waals surface area contributed by atoms with Crippen LogP contribution in [0.25, 0.3) is 0 Å². The van der Waals surface area contributed by atoms with E-state index in [1.165, 1.54) is 13.2 Å². The average molecular weight is 281 g/mol. The molecule has 1 aromatic rings. The van der Waals surface area contributed by atoms with E-state index in [-0.39, 0.29) is 11.8 Å². The summed E-state index contributed by atoms with van der Waals surface area (Å²) >= 11 is 0. The Bertz CT molecular complexity index is 450. The van der Waals surface area contributed by atoms with Gasteiger partial charge in [-0.2, -0.15) is 0 Å². The van der Waals surface area contributed by atoms with Crippen molar-refractivity contribution in [3.05, 3.63) is 30.1 Å². The number of anilines is 1. The molecule has 0 fully saturated rings. The van der Waals surface area contributed by atoms with Gasteiger partial charge in [0, 0.05) is 0 Å². The van der Waals surface area contributed by atoms with Gasteiger partial charge in [-0.05, 0) is 30.9 Å². The lowest BCUT2D eigenvalue weighted by Crippen LogP contribution is -2.48. The van der Waals surface area contributed by atoms with Crippen LogP contribution in [0.15, 0.2) is 24.3 Å². The van der Waals surface area contributed by atoms with Crippen LogP contribution in [0.3, 0.4) is 0 Å². The third kappa shape index (κ3) is 3.71. The molecular weight excluding hydrogens is 257 g/mol. The first kappa shape index (κ1) is 16.5. The molecule has 0 saturated heterocycles. The highest BCUT2D eigenvalue weighted by molar-refractivity contribution is 5.84. The molecule has 0 radical (unpaired) electrons. The Morgan fingerprint density at radius 1 is 1.40 bits per heavy atom. The van der Waals surface area contributed by atoms with Crippen molar-refractivity contribution in [3.63, 3.8) is 0 Å².